The number of benzene rings is 8. The van der Waals surface area contributed by atoms with Crippen LogP contribution in [0.1, 0.15) is 42.5 Å². The van der Waals surface area contributed by atoms with Gasteiger partial charge in [-0.3, -0.25) is 0 Å². The zero-order valence-corrected chi connectivity index (χ0v) is 25.3. The molecule has 0 bridgehead atoms. The minimum atomic E-state index is -1.15. The molecule has 0 aliphatic carbocycles. The molecule has 0 N–H and O–H groups in total. The molecule has 0 aliphatic heterocycles. The first-order chi connectivity index (χ1) is 38.2. The van der Waals surface area contributed by atoms with Crippen molar-refractivity contribution in [3.05, 3.63) is 187 Å². The standard InChI is InChI=1S/C48H31N3/c1-2-14-33(15-3-1)49-43-22-10-8-20-39(43)41-31-34(27-29-48(41)49)50-44-23-11-7-19-38(44)40-30-32(26-28-47(40)50)35-16-4-9-21-42(35)51-45-24-12-5-17-36(45)37-18-6-13-25-46(37)51/h1-31H/i1D,2D,3D,4D,5D,6D,7D,8D,9D,10D,11D,12D,13D,14D,15D,16D,17D,18D,19D,20D,21D,22D,23D,24D,25D,26D,27D,28D,29D,30D,31D. The lowest BCUT2D eigenvalue weighted by atomic mass is 10.0. The summed E-state index contributed by atoms with van der Waals surface area (Å²) in [7, 11) is 0. The van der Waals surface area contributed by atoms with Gasteiger partial charge in [0.25, 0.3) is 0 Å². The largest absolute Gasteiger partial charge is 0.309 e. The van der Waals surface area contributed by atoms with E-state index in [-0.39, 0.29) is 0 Å². The SMILES string of the molecule is [2H]c1c([2H])c([2H])c(-n2c3c([2H])c([2H])c([2H])c([2H])c3c3c([2H])c(-n4c5c([2H])c([2H])c([2H])c([2H])c5c5c([2H])c(-c6c([2H])c([2H])c([2H])c([2H])c6-n6c7c([2H])c([2H])c([2H])c([2H])c7c7c([2H])c([2H])c([2H])c([2H])c76)c([2H])c([2H])c54)c([2H])c([2H])c32)c([2H])c1[2H]. The molecular weight excluding hydrogens is 619 g/mol. The van der Waals surface area contributed by atoms with Gasteiger partial charge < -0.3 is 13.7 Å². The second-order valence-electron chi connectivity index (χ2n) is 11.0. The number of nitrogens with zero attached hydrogens (tertiary/aromatic N) is 3. The molecule has 0 atom stereocenters. The van der Waals surface area contributed by atoms with Crippen molar-refractivity contribution in [2.45, 2.75) is 0 Å². The predicted molar refractivity (Wildman–Crippen MR) is 215 cm³/mol. The minimum Gasteiger partial charge on any atom is -0.309 e. The fraction of sp³-hybridized carbons (Fsp3) is 0. The number of fused-ring (bicyclic) bond motifs is 9. The lowest BCUT2D eigenvalue weighted by molar-refractivity contribution is 1.16. The Labute approximate surface area is 338 Å². The van der Waals surface area contributed by atoms with E-state index in [1.54, 1.807) is 0 Å². The molecule has 0 fully saturated rings. The fourth-order valence-electron chi connectivity index (χ4n) is 6.36. The fourth-order valence-corrected chi connectivity index (χ4v) is 6.36. The molecule has 3 aromatic heterocycles. The van der Waals surface area contributed by atoms with Gasteiger partial charge in [-0.2, -0.15) is 0 Å². The van der Waals surface area contributed by atoms with Gasteiger partial charge in [-0.1, -0.05) is 115 Å². The first-order valence-electron chi connectivity index (χ1n) is 30.5. The van der Waals surface area contributed by atoms with Crippen molar-refractivity contribution in [2.75, 3.05) is 0 Å². The maximum Gasteiger partial charge on any atom is 0.0652 e. The maximum absolute atomic E-state index is 10.1. The topological polar surface area (TPSA) is 14.8 Å². The van der Waals surface area contributed by atoms with Crippen LogP contribution in [-0.4, -0.2) is 13.7 Å². The van der Waals surface area contributed by atoms with Crippen LogP contribution in [0, 0.1) is 0 Å². The average Bonchev–Trinajstić information content (AvgIpc) is 1.62. The van der Waals surface area contributed by atoms with Crippen LogP contribution in [0.5, 0.6) is 0 Å². The van der Waals surface area contributed by atoms with Crippen molar-refractivity contribution in [3.8, 4) is 28.2 Å². The van der Waals surface area contributed by atoms with Crippen LogP contribution < -0.4 is 0 Å². The van der Waals surface area contributed by atoms with Crippen molar-refractivity contribution in [1.29, 1.82) is 0 Å². The normalized spacial score (nSPS) is 20.4. The number of rotatable bonds is 4. The third-order valence-electron chi connectivity index (χ3n) is 8.41. The summed E-state index contributed by atoms with van der Waals surface area (Å²) >= 11 is 0. The van der Waals surface area contributed by atoms with Crippen molar-refractivity contribution < 1.29 is 42.5 Å². The van der Waals surface area contributed by atoms with Gasteiger partial charge >= 0.3 is 0 Å². The Morgan fingerprint density at radius 3 is 1.35 bits per heavy atom. The van der Waals surface area contributed by atoms with Gasteiger partial charge in [0, 0.05) is 49.3 Å². The summed E-state index contributed by atoms with van der Waals surface area (Å²) in [6.45, 7) is 0. The number of hydrogen-bond donors (Lipinski definition) is 0. The zero-order valence-electron chi connectivity index (χ0n) is 56.3. The van der Waals surface area contributed by atoms with Crippen molar-refractivity contribution in [3.63, 3.8) is 0 Å². The second kappa shape index (κ2) is 10.8. The van der Waals surface area contributed by atoms with Gasteiger partial charge in [0.05, 0.1) is 81.3 Å². The van der Waals surface area contributed by atoms with Crippen LogP contribution in [0.4, 0.5) is 0 Å². The summed E-state index contributed by atoms with van der Waals surface area (Å²) in [5.41, 5.74) is -8.47. The van der Waals surface area contributed by atoms with Crippen LogP contribution in [0.3, 0.4) is 0 Å². The first kappa shape index (κ1) is 11.3. The van der Waals surface area contributed by atoms with Gasteiger partial charge in [-0.25, -0.2) is 0 Å². The van der Waals surface area contributed by atoms with Gasteiger partial charge in [0.1, 0.15) is 0 Å². The quantitative estimate of drug-likeness (QED) is 0.176. The highest BCUT2D eigenvalue weighted by molar-refractivity contribution is 6.13. The van der Waals surface area contributed by atoms with Crippen LogP contribution in [-0.2, 0) is 0 Å². The molecule has 51 heavy (non-hydrogen) atoms. The van der Waals surface area contributed by atoms with E-state index in [2.05, 4.69) is 0 Å². The first-order valence-corrected chi connectivity index (χ1v) is 15.0. The number of para-hydroxylation sites is 6. The van der Waals surface area contributed by atoms with E-state index in [4.69, 9.17) is 28.8 Å². The zero-order chi connectivity index (χ0) is 60.4. The van der Waals surface area contributed by atoms with E-state index < -0.39 is 281 Å². The van der Waals surface area contributed by atoms with Gasteiger partial charge in [-0.15, -0.1) is 0 Å². The van der Waals surface area contributed by atoms with Gasteiger partial charge in [0.15, 0.2) is 0 Å². The van der Waals surface area contributed by atoms with Crippen molar-refractivity contribution >= 4 is 65.4 Å². The number of aromatic nitrogens is 3. The Hall–Kier alpha value is -6.84. The van der Waals surface area contributed by atoms with Crippen LogP contribution in [0.2, 0.25) is 0 Å². The van der Waals surface area contributed by atoms with E-state index in [1.807, 2.05) is 0 Å². The highest BCUT2D eigenvalue weighted by atomic mass is 15.0. The molecule has 3 heterocycles. The Morgan fingerprint density at radius 1 is 0.294 bits per heavy atom. The molecule has 0 saturated carbocycles. The van der Waals surface area contributed by atoms with E-state index in [0.717, 1.165) is 9.13 Å². The molecule has 11 rings (SSSR count). The summed E-state index contributed by atoms with van der Waals surface area (Å²) in [5, 5.41) is -3.72. The van der Waals surface area contributed by atoms with E-state index >= 15 is 0 Å². The van der Waals surface area contributed by atoms with Gasteiger partial charge in [0.2, 0.25) is 0 Å². The summed E-state index contributed by atoms with van der Waals surface area (Å²) < 4.78 is 283. The Bertz CT molecular complexity index is 4830. The Balaban J connectivity index is 1.38. The molecule has 3 heteroatoms. The lowest BCUT2D eigenvalue weighted by Crippen LogP contribution is -1.97. The second-order valence-corrected chi connectivity index (χ2v) is 11.0. The van der Waals surface area contributed by atoms with Crippen LogP contribution >= 0.6 is 0 Å². The van der Waals surface area contributed by atoms with E-state index in [9.17, 15) is 13.7 Å². The van der Waals surface area contributed by atoms with E-state index in [1.165, 1.54) is 0 Å². The smallest absolute Gasteiger partial charge is 0.0652 e. The minimum absolute atomic E-state index is 0.533. The van der Waals surface area contributed by atoms with Crippen LogP contribution in [0.15, 0.2) is 187 Å². The van der Waals surface area contributed by atoms with Crippen molar-refractivity contribution in [2.24, 2.45) is 0 Å². The molecule has 0 unspecified atom stereocenters. The third-order valence-corrected chi connectivity index (χ3v) is 8.41. The Morgan fingerprint density at radius 2 is 0.725 bits per heavy atom. The highest BCUT2D eigenvalue weighted by Gasteiger charge is 2.19. The molecule has 11 aromatic rings. The molecule has 0 saturated heterocycles. The molecule has 3 nitrogen and oxygen atoms in total. The highest BCUT2D eigenvalue weighted by Crippen LogP contribution is 2.40. The van der Waals surface area contributed by atoms with Crippen LogP contribution in [0.25, 0.3) is 93.6 Å². The summed E-state index contributed by atoms with van der Waals surface area (Å²) in [6, 6.07) is -29.8. The molecule has 0 radical (unpaired) electrons. The summed E-state index contributed by atoms with van der Waals surface area (Å²) in [5.74, 6) is 0. The Kier molecular flexibility index (Phi) is 2.41. The molecule has 8 aromatic carbocycles. The maximum atomic E-state index is 10.1. The number of hydrogen-bond acceptors (Lipinski definition) is 0. The monoisotopic (exact) mass is 680 g/mol. The lowest BCUT2D eigenvalue weighted by Gasteiger charge is -2.14. The molecule has 238 valence electrons. The average molecular weight is 681 g/mol. The third kappa shape index (κ3) is 4.06. The molecule has 0 amide bonds. The van der Waals surface area contributed by atoms with Gasteiger partial charge in [-0.05, 0) is 78.1 Å². The molecular formula is C48H31N3. The molecule has 0 aliphatic rings. The summed E-state index contributed by atoms with van der Waals surface area (Å²) in [6.07, 6.45) is 0. The van der Waals surface area contributed by atoms with E-state index in [0.29, 0.717) is 4.57 Å². The predicted octanol–water partition coefficient (Wildman–Crippen LogP) is 12.6. The van der Waals surface area contributed by atoms with Crippen molar-refractivity contribution in [1.82, 2.24) is 13.7 Å². The summed E-state index contributed by atoms with van der Waals surface area (Å²) in [4.78, 5) is 0. The molecule has 0 spiro atoms.